The highest BCUT2D eigenvalue weighted by atomic mass is 16.6. The fourth-order valence-corrected chi connectivity index (χ4v) is 1.39. The molecule has 0 aliphatic carbocycles. The van der Waals surface area contributed by atoms with Crippen molar-refractivity contribution >= 4 is 18.2 Å². The number of methoxy groups -OCH3 is 2. The van der Waals surface area contributed by atoms with Crippen molar-refractivity contribution in [3.8, 4) is 17.2 Å². The first-order chi connectivity index (χ1) is 9.47. The second kappa shape index (κ2) is 6.98. The number of hydrazone groups is 1. The van der Waals surface area contributed by atoms with Crippen molar-refractivity contribution in [2.75, 3.05) is 14.2 Å². The first-order valence-corrected chi connectivity index (χ1v) is 5.51. The molecule has 0 heterocycles. The topological polar surface area (TPSA) is 112 Å². The molecule has 1 rings (SSSR count). The van der Waals surface area contributed by atoms with E-state index in [0.717, 1.165) is 0 Å². The van der Waals surface area contributed by atoms with Gasteiger partial charge in [0.15, 0.2) is 11.5 Å². The summed E-state index contributed by atoms with van der Waals surface area (Å²) in [5.74, 6) is 0.251. The second-order valence-electron chi connectivity index (χ2n) is 3.58. The first-order valence-electron chi connectivity index (χ1n) is 5.51. The van der Waals surface area contributed by atoms with E-state index in [4.69, 9.17) is 19.9 Å². The predicted molar refractivity (Wildman–Crippen MR) is 71.2 cm³/mol. The zero-order valence-corrected chi connectivity index (χ0v) is 11.3. The van der Waals surface area contributed by atoms with Gasteiger partial charge < -0.3 is 19.9 Å². The van der Waals surface area contributed by atoms with Crippen LogP contribution >= 0.6 is 0 Å². The number of ether oxygens (including phenoxy) is 3. The van der Waals surface area contributed by atoms with E-state index in [-0.39, 0.29) is 5.75 Å². The lowest BCUT2D eigenvalue weighted by atomic mass is 10.2. The summed E-state index contributed by atoms with van der Waals surface area (Å²) in [6.45, 7) is 1.27. The molecular formula is C12H15N3O5. The fourth-order valence-electron chi connectivity index (χ4n) is 1.39. The van der Waals surface area contributed by atoms with Crippen molar-refractivity contribution < 1.29 is 23.8 Å². The fraction of sp³-hybridized carbons (Fsp3) is 0.250. The molecule has 8 heteroatoms. The SMILES string of the molecule is COc1cc(C=NNC(N)=O)cc(OC)c1OC(C)=O. The Hall–Kier alpha value is -2.77. The van der Waals surface area contributed by atoms with E-state index in [9.17, 15) is 9.59 Å². The van der Waals surface area contributed by atoms with Gasteiger partial charge in [0.25, 0.3) is 0 Å². The van der Waals surface area contributed by atoms with Crippen LogP contribution in [0.25, 0.3) is 0 Å². The number of hydrogen-bond donors (Lipinski definition) is 2. The number of nitrogens with zero attached hydrogens (tertiary/aromatic N) is 1. The smallest absolute Gasteiger partial charge is 0.332 e. The zero-order valence-electron chi connectivity index (χ0n) is 11.3. The molecule has 0 aromatic heterocycles. The number of rotatable bonds is 5. The second-order valence-corrected chi connectivity index (χ2v) is 3.58. The van der Waals surface area contributed by atoms with Crippen molar-refractivity contribution in [2.45, 2.75) is 6.92 Å². The Labute approximate surface area is 115 Å². The van der Waals surface area contributed by atoms with Crippen LogP contribution in [0, 0.1) is 0 Å². The summed E-state index contributed by atoms with van der Waals surface area (Å²) in [5, 5.41) is 3.61. The molecule has 8 nitrogen and oxygen atoms in total. The van der Waals surface area contributed by atoms with Gasteiger partial charge in [-0.15, -0.1) is 0 Å². The molecular weight excluding hydrogens is 266 g/mol. The number of esters is 1. The van der Waals surface area contributed by atoms with Gasteiger partial charge in [0.1, 0.15) is 0 Å². The summed E-state index contributed by atoms with van der Waals surface area (Å²) in [4.78, 5) is 21.6. The van der Waals surface area contributed by atoms with Gasteiger partial charge in [0.2, 0.25) is 5.75 Å². The minimum absolute atomic E-state index is 0.169. The van der Waals surface area contributed by atoms with E-state index in [1.54, 1.807) is 12.1 Å². The maximum absolute atomic E-state index is 11.1. The van der Waals surface area contributed by atoms with Crippen molar-refractivity contribution in [3.05, 3.63) is 17.7 Å². The molecule has 0 saturated carbocycles. The Morgan fingerprint density at radius 3 is 2.20 bits per heavy atom. The number of amides is 2. The minimum atomic E-state index is -0.781. The third kappa shape index (κ3) is 4.16. The summed E-state index contributed by atoms with van der Waals surface area (Å²) in [6, 6.07) is 2.34. The van der Waals surface area contributed by atoms with Gasteiger partial charge >= 0.3 is 12.0 Å². The van der Waals surface area contributed by atoms with Crippen LogP contribution in [0.3, 0.4) is 0 Å². The third-order valence-corrected chi connectivity index (χ3v) is 2.12. The van der Waals surface area contributed by atoms with Crippen molar-refractivity contribution in [1.29, 1.82) is 0 Å². The van der Waals surface area contributed by atoms with Gasteiger partial charge in [-0.2, -0.15) is 5.10 Å². The summed E-state index contributed by atoms with van der Waals surface area (Å²) >= 11 is 0. The van der Waals surface area contributed by atoms with Crippen LogP contribution in [0.4, 0.5) is 4.79 Å². The van der Waals surface area contributed by atoms with Gasteiger partial charge in [-0.25, -0.2) is 10.2 Å². The Morgan fingerprint density at radius 2 is 1.80 bits per heavy atom. The molecule has 0 radical (unpaired) electrons. The zero-order chi connectivity index (χ0) is 15.1. The number of nitrogens with two attached hydrogens (primary N) is 1. The highest BCUT2D eigenvalue weighted by molar-refractivity contribution is 5.84. The Kier molecular flexibility index (Phi) is 5.33. The molecule has 1 aromatic rings. The molecule has 20 heavy (non-hydrogen) atoms. The van der Waals surface area contributed by atoms with Gasteiger partial charge in [-0.1, -0.05) is 0 Å². The summed E-state index contributed by atoms with van der Waals surface area (Å²) in [7, 11) is 2.84. The first kappa shape index (κ1) is 15.3. The average Bonchev–Trinajstić information content (AvgIpc) is 2.38. The Balaban J connectivity index is 3.14. The van der Waals surface area contributed by atoms with Crippen molar-refractivity contribution in [1.82, 2.24) is 5.43 Å². The van der Waals surface area contributed by atoms with E-state index < -0.39 is 12.0 Å². The lowest BCUT2D eigenvalue weighted by Gasteiger charge is -2.13. The quantitative estimate of drug-likeness (QED) is 0.356. The van der Waals surface area contributed by atoms with Crippen LogP contribution in [0.15, 0.2) is 17.2 Å². The molecule has 3 N–H and O–H groups in total. The molecule has 0 bridgehead atoms. The van der Waals surface area contributed by atoms with Gasteiger partial charge in [0.05, 0.1) is 20.4 Å². The standard InChI is InChI=1S/C12H15N3O5/c1-7(16)20-11-9(18-2)4-8(5-10(11)19-3)6-14-15-12(13)17/h4-6H,1-3H3,(H3,13,15,17). The van der Waals surface area contributed by atoms with E-state index in [1.807, 2.05) is 0 Å². The molecule has 0 saturated heterocycles. The van der Waals surface area contributed by atoms with Gasteiger partial charge in [-0.3, -0.25) is 4.79 Å². The molecule has 1 aromatic carbocycles. The van der Waals surface area contributed by atoms with Crippen LogP contribution in [-0.2, 0) is 4.79 Å². The number of primary amides is 1. The van der Waals surface area contributed by atoms with Crippen LogP contribution in [0.5, 0.6) is 17.2 Å². The highest BCUT2D eigenvalue weighted by Gasteiger charge is 2.15. The van der Waals surface area contributed by atoms with Crippen LogP contribution in [-0.4, -0.2) is 32.4 Å². The maximum Gasteiger partial charge on any atom is 0.332 e. The lowest BCUT2D eigenvalue weighted by molar-refractivity contribution is -0.132. The molecule has 0 atom stereocenters. The molecule has 0 aliphatic rings. The maximum atomic E-state index is 11.1. The van der Waals surface area contributed by atoms with E-state index in [2.05, 4.69) is 10.5 Å². The normalized spacial score (nSPS) is 10.2. The molecule has 0 unspecified atom stereocenters. The summed E-state index contributed by atoms with van der Waals surface area (Å²) < 4.78 is 15.3. The Bertz CT molecular complexity index is 517. The molecule has 0 spiro atoms. The summed E-state index contributed by atoms with van der Waals surface area (Å²) in [6.07, 6.45) is 1.34. The van der Waals surface area contributed by atoms with E-state index >= 15 is 0 Å². The van der Waals surface area contributed by atoms with Gasteiger partial charge in [-0.05, 0) is 12.1 Å². The van der Waals surface area contributed by atoms with Crippen molar-refractivity contribution in [2.24, 2.45) is 10.8 Å². The van der Waals surface area contributed by atoms with Crippen molar-refractivity contribution in [3.63, 3.8) is 0 Å². The molecule has 2 amide bonds. The number of hydrogen-bond acceptors (Lipinski definition) is 6. The average molecular weight is 281 g/mol. The van der Waals surface area contributed by atoms with Crippen LogP contribution in [0.2, 0.25) is 0 Å². The number of benzene rings is 1. The monoisotopic (exact) mass is 281 g/mol. The summed E-state index contributed by atoms with van der Waals surface area (Å²) in [5.41, 5.74) is 7.49. The lowest BCUT2D eigenvalue weighted by Crippen LogP contribution is -2.24. The predicted octanol–water partition coefficient (Wildman–Crippen LogP) is 0.631. The number of nitrogens with one attached hydrogen (secondary N) is 1. The Morgan fingerprint density at radius 1 is 1.25 bits per heavy atom. The number of carbonyl (C=O) groups is 2. The van der Waals surface area contributed by atoms with Crippen LogP contribution in [0.1, 0.15) is 12.5 Å². The minimum Gasteiger partial charge on any atom is -0.493 e. The van der Waals surface area contributed by atoms with E-state index in [1.165, 1.54) is 27.4 Å². The van der Waals surface area contributed by atoms with E-state index in [0.29, 0.717) is 17.1 Å². The highest BCUT2D eigenvalue weighted by Crippen LogP contribution is 2.38. The number of carbonyl (C=O) groups excluding carboxylic acids is 2. The van der Waals surface area contributed by atoms with Gasteiger partial charge in [0, 0.05) is 12.5 Å². The molecule has 0 aliphatic heterocycles. The molecule has 108 valence electrons. The molecule has 0 fully saturated rings. The van der Waals surface area contributed by atoms with Crippen LogP contribution < -0.4 is 25.4 Å². The number of urea groups is 1. The third-order valence-electron chi connectivity index (χ3n) is 2.12. The largest absolute Gasteiger partial charge is 0.493 e.